The molecule has 0 saturated carbocycles. The van der Waals surface area contributed by atoms with E-state index < -0.39 is 11.5 Å². The van der Waals surface area contributed by atoms with E-state index in [-0.39, 0.29) is 18.7 Å². The summed E-state index contributed by atoms with van der Waals surface area (Å²) in [5, 5.41) is 11.4. The molecular formula is C20H20ClNO5. The number of nitrogens with zero attached hydrogens (tertiary/aromatic N) is 1. The number of rotatable bonds is 6. The lowest BCUT2D eigenvalue weighted by Gasteiger charge is -2.22. The Balaban J connectivity index is 2.04. The third kappa shape index (κ3) is 3.26. The number of hydrogen-bond acceptors (Lipinski definition) is 5. The van der Waals surface area contributed by atoms with Gasteiger partial charge in [0.05, 0.1) is 31.5 Å². The fourth-order valence-corrected chi connectivity index (χ4v) is 3.68. The molecule has 1 atom stereocenters. The summed E-state index contributed by atoms with van der Waals surface area (Å²) in [5.41, 5.74) is -0.389. The predicted molar refractivity (Wildman–Crippen MR) is 101 cm³/mol. The van der Waals surface area contributed by atoms with Crippen LogP contribution in [0.1, 0.15) is 24.5 Å². The molecule has 0 fully saturated rings. The lowest BCUT2D eigenvalue weighted by Crippen LogP contribution is -2.41. The highest BCUT2D eigenvalue weighted by Gasteiger charge is 2.51. The molecule has 142 valence electrons. The lowest BCUT2D eigenvalue weighted by molar-refractivity contribution is -0.141. The van der Waals surface area contributed by atoms with Gasteiger partial charge in [-0.05, 0) is 30.7 Å². The maximum Gasteiger partial charge on any atom is 0.264 e. The monoisotopic (exact) mass is 389 g/mol. The van der Waals surface area contributed by atoms with Crippen molar-refractivity contribution in [2.45, 2.75) is 25.5 Å². The summed E-state index contributed by atoms with van der Waals surface area (Å²) in [4.78, 5) is 26.1. The van der Waals surface area contributed by atoms with Crippen LogP contribution in [0.25, 0.3) is 0 Å². The van der Waals surface area contributed by atoms with E-state index in [4.69, 9.17) is 21.1 Å². The number of para-hydroxylation sites is 1. The number of ether oxygens (including phenoxy) is 2. The molecule has 0 aromatic heterocycles. The maximum atomic E-state index is 13.1. The van der Waals surface area contributed by atoms with Crippen LogP contribution in [-0.4, -0.2) is 31.0 Å². The molecule has 1 aliphatic rings. The Hall–Kier alpha value is -2.57. The number of aliphatic hydroxyl groups is 1. The predicted octanol–water partition coefficient (Wildman–Crippen LogP) is 3.07. The van der Waals surface area contributed by atoms with Gasteiger partial charge in [0.2, 0.25) is 0 Å². The molecule has 1 N–H and O–H groups in total. The van der Waals surface area contributed by atoms with Crippen molar-refractivity contribution in [2.24, 2.45) is 0 Å². The number of anilines is 1. The number of fused-ring (bicyclic) bond motifs is 1. The number of methoxy groups -OCH3 is 2. The quantitative estimate of drug-likeness (QED) is 0.821. The number of Topliss-reactive ketones (excluding diaryl/α,β-unsaturated/α-hetero) is 1. The van der Waals surface area contributed by atoms with Crippen molar-refractivity contribution in [3.8, 4) is 11.5 Å². The third-order valence-corrected chi connectivity index (χ3v) is 4.90. The second-order valence-corrected chi connectivity index (χ2v) is 6.86. The summed E-state index contributed by atoms with van der Waals surface area (Å²) in [7, 11) is 3.07. The number of carbonyl (C=O) groups is 2. The van der Waals surface area contributed by atoms with Crippen molar-refractivity contribution in [3.05, 3.63) is 52.5 Å². The summed E-state index contributed by atoms with van der Waals surface area (Å²) < 4.78 is 10.5. The molecule has 0 radical (unpaired) electrons. The SMILES string of the molecule is COc1ccc(CN2C(=O)C(O)(CC(C)=O)c3cccc(Cl)c32)cc1OC. The van der Waals surface area contributed by atoms with Gasteiger partial charge in [-0.3, -0.25) is 9.59 Å². The Morgan fingerprint density at radius 3 is 2.52 bits per heavy atom. The summed E-state index contributed by atoms with van der Waals surface area (Å²) in [6.45, 7) is 1.50. The number of halogens is 1. The van der Waals surface area contributed by atoms with Crippen LogP contribution >= 0.6 is 11.6 Å². The molecule has 2 aromatic carbocycles. The van der Waals surface area contributed by atoms with Crippen LogP contribution in [0.15, 0.2) is 36.4 Å². The first kappa shape index (κ1) is 19.2. The van der Waals surface area contributed by atoms with Gasteiger partial charge in [0.1, 0.15) is 5.78 Å². The number of benzene rings is 2. The minimum atomic E-state index is -1.91. The van der Waals surface area contributed by atoms with Crippen molar-refractivity contribution in [3.63, 3.8) is 0 Å². The van der Waals surface area contributed by atoms with Crippen LogP contribution in [-0.2, 0) is 21.7 Å². The summed E-state index contributed by atoms with van der Waals surface area (Å²) in [6, 6.07) is 10.2. The number of carbonyl (C=O) groups excluding carboxylic acids is 2. The van der Waals surface area contributed by atoms with Crippen LogP contribution in [0.3, 0.4) is 0 Å². The number of hydrogen-bond donors (Lipinski definition) is 1. The molecule has 0 spiro atoms. The highest BCUT2D eigenvalue weighted by atomic mass is 35.5. The van der Waals surface area contributed by atoms with Crippen molar-refractivity contribution < 1.29 is 24.2 Å². The summed E-state index contributed by atoms with van der Waals surface area (Å²) in [5.74, 6) is 0.237. The number of ketones is 1. The highest BCUT2D eigenvalue weighted by Crippen LogP contribution is 2.46. The standard InChI is InChI=1S/C20H20ClNO5/c1-12(23)10-20(25)14-5-4-6-15(21)18(14)22(19(20)24)11-13-7-8-16(26-2)17(9-13)27-3/h4-9,25H,10-11H2,1-3H3. The van der Waals surface area contributed by atoms with Gasteiger partial charge in [-0.25, -0.2) is 0 Å². The molecule has 27 heavy (non-hydrogen) atoms. The topological polar surface area (TPSA) is 76.1 Å². The zero-order chi connectivity index (χ0) is 19.8. The minimum Gasteiger partial charge on any atom is -0.493 e. The molecule has 1 heterocycles. The van der Waals surface area contributed by atoms with E-state index in [0.717, 1.165) is 5.56 Å². The van der Waals surface area contributed by atoms with Gasteiger partial charge in [-0.2, -0.15) is 0 Å². The molecule has 1 unspecified atom stereocenters. The second-order valence-electron chi connectivity index (χ2n) is 6.46. The first-order valence-corrected chi connectivity index (χ1v) is 8.73. The van der Waals surface area contributed by atoms with Crippen LogP contribution in [0.4, 0.5) is 5.69 Å². The van der Waals surface area contributed by atoms with Crippen LogP contribution < -0.4 is 14.4 Å². The maximum absolute atomic E-state index is 13.1. The molecule has 1 amide bonds. The van der Waals surface area contributed by atoms with E-state index in [1.165, 1.54) is 18.9 Å². The molecule has 6 nitrogen and oxygen atoms in total. The normalized spacial score (nSPS) is 18.4. The van der Waals surface area contributed by atoms with Gasteiger partial charge in [0, 0.05) is 12.0 Å². The van der Waals surface area contributed by atoms with Gasteiger partial charge in [-0.15, -0.1) is 0 Å². The number of amides is 1. The Kier molecular flexibility index (Phi) is 5.13. The Bertz CT molecular complexity index is 913. The van der Waals surface area contributed by atoms with Gasteiger partial charge in [-0.1, -0.05) is 29.8 Å². The molecule has 7 heteroatoms. The first-order valence-electron chi connectivity index (χ1n) is 8.35. The molecule has 1 aliphatic heterocycles. The fraction of sp³-hybridized carbons (Fsp3) is 0.300. The smallest absolute Gasteiger partial charge is 0.264 e. The molecule has 0 aliphatic carbocycles. The highest BCUT2D eigenvalue weighted by molar-refractivity contribution is 6.35. The minimum absolute atomic E-state index is 0.163. The zero-order valence-electron chi connectivity index (χ0n) is 15.3. The van der Waals surface area contributed by atoms with Crippen molar-refractivity contribution in [1.82, 2.24) is 0 Å². The third-order valence-electron chi connectivity index (χ3n) is 4.59. The van der Waals surface area contributed by atoms with Crippen LogP contribution in [0, 0.1) is 0 Å². The van der Waals surface area contributed by atoms with Gasteiger partial charge in [0.25, 0.3) is 5.91 Å². The van der Waals surface area contributed by atoms with E-state index in [9.17, 15) is 14.7 Å². The molecule has 3 rings (SSSR count). The van der Waals surface area contributed by atoms with E-state index >= 15 is 0 Å². The molecule has 0 bridgehead atoms. The molecular weight excluding hydrogens is 370 g/mol. The van der Waals surface area contributed by atoms with Gasteiger partial charge in [0.15, 0.2) is 17.1 Å². The van der Waals surface area contributed by atoms with Crippen molar-refractivity contribution in [1.29, 1.82) is 0 Å². The second kappa shape index (κ2) is 7.21. The van der Waals surface area contributed by atoms with Crippen molar-refractivity contribution >= 4 is 29.0 Å². The van der Waals surface area contributed by atoms with E-state index in [1.54, 1.807) is 43.5 Å². The Labute approximate surface area is 162 Å². The summed E-state index contributed by atoms with van der Waals surface area (Å²) in [6.07, 6.45) is -0.304. The fourth-order valence-electron chi connectivity index (χ4n) is 3.41. The van der Waals surface area contributed by atoms with E-state index in [0.29, 0.717) is 27.8 Å². The Morgan fingerprint density at radius 1 is 1.19 bits per heavy atom. The molecule has 2 aromatic rings. The van der Waals surface area contributed by atoms with E-state index in [1.807, 2.05) is 0 Å². The molecule has 0 saturated heterocycles. The van der Waals surface area contributed by atoms with Crippen molar-refractivity contribution in [2.75, 3.05) is 19.1 Å². The van der Waals surface area contributed by atoms with Crippen LogP contribution in [0.2, 0.25) is 5.02 Å². The van der Waals surface area contributed by atoms with Gasteiger partial charge < -0.3 is 19.5 Å². The van der Waals surface area contributed by atoms with Crippen LogP contribution in [0.5, 0.6) is 11.5 Å². The average molecular weight is 390 g/mol. The largest absolute Gasteiger partial charge is 0.493 e. The Morgan fingerprint density at radius 2 is 1.89 bits per heavy atom. The zero-order valence-corrected chi connectivity index (χ0v) is 16.0. The summed E-state index contributed by atoms with van der Waals surface area (Å²) >= 11 is 6.33. The van der Waals surface area contributed by atoms with Gasteiger partial charge >= 0.3 is 0 Å². The lowest BCUT2D eigenvalue weighted by atomic mass is 9.90. The first-order chi connectivity index (χ1) is 12.8. The van der Waals surface area contributed by atoms with E-state index in [2.05, 4.69) is 0 Å². The average Bonchev–Trinajstić information content (AvgIpc) is 2.84.